The van der Waals surface area contributed by atoms with Crippen LogP contribution in [0.15, 0.2) is 23.2 Å². The fourth-order valence-electron chi connectivity index (χ4n) is 2.33. The molecule has 3 amide bonds. The summed E-state index contributed by atoms with van der Waals surface area (Å²) in [5.41, 5.74) is 0.263. The van der Waals surface area contributed by atoms with Crippen molar-refractivity contribution < 1.29 is 18.4 Å². The van der Waals surface area contributed by atoms with Gasteiger partial charge in [0.1, 0.15) is 11.6 Å². The summed E-state index contributed by atoms with van der Waals surface area (Å²) in [4.78, 5) is 28.3. The van der Waals surface area contributed by atoms with E-state index in [0.717, 1.165) is 23.1 Å². The first-order valence-electron chi connectivity index (χ1n) is 8.05. The molecule has 0 bridgehead atoms. The van der Waals surface area contributed by atoms with Crippen molar-refractivity contribution in [3.05, 3.63) is 35.4 Å². The number of halogens is 3. The van der Waals surface area contributed by atoms with Gasteiger partial charge >= 0.3 is 6.03 Å². The maximum absolute atomic E-state index is 13.6. The van der Waals surface area contributed by atoms with Crippen LogP contribution in [0.1, 0.15) is 12.5 Å². The summed E-state index contributed by atoms with van der Waals surface area (Å²) in [7, 11) is 0. The number of nitrogens with one attached hydrogen (secondary N) is 3. The van der Waals surface area contributed by atoms with Gasteiger partial charge in [0.2, 0.25) is 5.91 Å². The Labute approximate surface area is 167 Å². The number of benzene rings is 1. The number of aliphatic imine (C=N–C) groups is 1. The second-order valence-corrected chi connectivity index (χ2v) is 5.38. The molecule has 0 spiro atoms. The van der Waals surface area contributed by atoms with E-state index < -0.39 is 17.7 Å². The number of carbonyl (C=O) groups is 2. The molecule has 1 saturated heterocycles. The Kier molecular flexibility index (Phi) is 9.24. The van der Waals surface area contributed by atoms with Crippen molar-refractivity contribution in [3.63, 3.8) is 0 Å². The van der Waals surface area contributed by atoms with Crippen molar-refractivity contribution in [3.8, 4) is 0 Å². The van der Waals surface area contributed by atoms with Crippen LogP contribution in [0.4, 0.5) is 13.6 Å². The monoisotopic (exact) mass is 481 g/mol. The van der Waals surface area contributed by atoms with E-state index in [2.05, 4.69) is 20.9 Å². The minimum Gasteiger partial charge on any atom is -0.357 e. The van der Waals surface area contributed by atoms with Crippen molar-refractivity contribution in [2.24, 2.45) is 4.99 Å². The zero-order valence-electron chi connectivity index (χ0n) is 14.3. The van der Waals surface area contributed by atoms with Crippen molar-refractivity contribution in [2.75, 3.05) is 32.7 Å². The zero-order chi connectivity index (χ0) is 18.2. The Hall–Kier alpha value is -1.98. The van der Waals surface area contributed by atoms with Gasteiger partial charge in [0.25, 0.3) is 0 Å². The first kappa shape index (κ1) is 22.1. The summed E-state index contributed by atoms with van der Waals surface area (Å²) in [5.74, 6) is -0.742. The Morgan fingerprint density at radius 1 is 1.31 bits per heavy atom. The number of carbonyl (C=O) groups excluding carboxylic acids is 2. The standard InChI is InChI=1S/C16H21F2N5O2.HI/c1-2-19-15(21-7-8-23-14(24)10-22-16(23)25)20-6-5-11-9-12(17)3-4-13(11)18;/h3-4,9H,2,5-8,10H2,1H3,(H,22,25)(H2,19,20,21);1H. The molecule has 1 aliphatic heterocycles. The smallest absolute Gasteiger partial charge is 0.324 e. The van der Waals surface area contributed by atoms with Gasteiger partial charge in [0, 0.05) is 26.2 Å². The van der Waals surface area contributed by atoms with Gasteiger partial charge in [-0.05, 0) is 37.1 Å². The first-order valence-corrected chi connectivity index (χ1v) is 8.05. The van der Waals surface area contributed by atoms with E-state index in [9.17, 15) is 18.4 Å². The summed E-state index contributed by atoms with van der Waals surface area (Å²) >= 11 is 0. The molecule has 0 aliphatic carbocycles. The lowest BCUT2D eigenvalue weighted by molar-refractivity contribution is -0.124. The Bertz CT molecular complexity index is 656. The molecular formula is C16H22F2IN5O2. The van der Waals surface area contributed by atoms with Crippen LogP contribution in [0, 0.1) is 11.6 Å². The van der Waals surface area contributed by atoms with Crippen LogP contribution in [0.2, 0.25) is 0 Å². The largest absolute Gasteiger partial charge is 0.357 e. The minimum absolute atomic E-state index is 0. The number of amides is 3. The van der Waals surface area contributed by atoms with Gasteiger partial charge in [-0.3, -0.25) is 14.7 Å². The molecule has 0 radical (unpaired) electrons. The summed E-state index contributed by atoms with van der Waals surface area (Å²) in [6, 6.07) is 2.91. The molecule has 1 aromatic carbocycles. The Balaban J connectivity index is 0.00000338. The third-order valence-electron chi connectivity index (χ3n) is 3.57. The van der Waals surface area contributed by atoms with Crippen LogP contribution < -0.4 is 16.0 Å². The third kappa shape index (κ3) is 6.39. The van der Waals surface area contributed by atoms with E-state index in [1.807, 2.05) is 6.92 Å². The summed E-state index contributed by atoms with van der Waals surface area (Å²) < 4.78 is 26.7. The van der Waals surface area contributed by atoms with Crippen molar-refractivity contribution in [1.82, 2.24) is 20.9 Å². The van der Waals surface area contributed by atoms with Gasteiger partial charge in [-0.15, -0.1) is 24.0 Å². The molecule has 0 saturated carbocycles. The Morgan fingerprint density at radius 2 is 2.08 bits per heavy atom. The van der Waals surface area contributed by atoms with E-state index in [1.165, 1.54) is 0 Å². The maximum Gasteiger partial charge on any atom is 0.324 e. The molecule has 1 aliphatic rings. The number of hydrogen-bond donors (Lipinski definition) is 3. The molecule has 10 heteroatoms. The Morgan fingerprint density at radius 3 is 2.73 bits per heavy atom. The summed E-state index contributed by atoms with van der Waals surface area (Å²) in [5, 5.41) is 8.45. The average molecular weight is 481 g/mol. The average Bonchev–Trinajstić information content (AvgIpc) is 2.90. The van der Waals surface area contributed by atoms with Gasteiger partial charge in [0.15, 0.2) is 5.96 Å². The number of hydrogen-bond acceptors (Lipinski definition) is 3. The second-order valence-electron chi connectivity index (χ2n) is 5.38. The zero-order valence-corrected chi connectivity index (χ0v) is 16.7. The number of nitrogens with zero attached hydrogens (tertiary/aromatic N) is 2. The normalized spacial score (nSPS) is 14.1. The highest BCUT2D eigenvalue weighted by Crippen LogP contribution is 2.10. The molecule has 0 atom stereocenters. The van der Waals surface area contributed by atoms with E-state index in [0.29, 0.717) is 19.0 Å². The highest BCUT2D eigenvalue weighted by atomic mass is 127. The molecule has 144 valence electrons. The van der Waals surface area contributed by atoms with Gasteiger partial charge in [0.05, 0.1) is 6.54 Å². The number of guanidine groups is 1. The van der Waals surface area contributed by atoms with Crippen LogP contribution >= 0.6 is 24.0 Å². The van der Waals surface area contributed by atoms with Crippen LogP contribution in [-0.4, -0.2) is 55.5 Å². The lowest BCUT2D eigenvalue weighted by Crippen LogP contribution is -2.43. The van der Waals surface area contributed by atoms with E-state index in [1.54, 1.807) is 0 Å². The molecule has 1 heterocycles. The van der Waals surface area contributed by atoms with Gasteiger partial charge in [-0.25, -0.2) is 13.6 Å². The second kappa shape index (κ2) is 10.9. The fraction of sp³-hybridized carbons (Fsp3) is 0.438. The van der Waals surface area contributed by atoms with E-state index in [4.69, 9.17) is 0 Å². The van der Waals surface area contributed by atoms with Crippen molar-refractivity contribution >= 4 is 41.9 Å². The van der Waals surface area contributed by atoms with E-state index >= 15 is 0 Å². The molecule has 2 rings (SSSR count). The minimum atomic E-state index is -0.487. The van der Waals surface area contributed by atoms with Gasteiger partial charge in [-0.2, -0.15) is 0 Å². The number of urea groups is 1. The van der Waals surface area contributed by atoms with Crippen LogP contribution in [-0.2, 0) is 11.2 Å². The topological polar surface area (TPSA) is 85.8 Å². The van der Waals surface area contributed by atoms with Gasteiger partial charge in [-0.1, -0.05) is 0 Å². The predicted octanol–water partition coefficient (Wildman–Crippen LogP) is 1.23. The molecule has 0 unspecified atom stereocenters. The molecule has 1 aromatic rings. The predicted molar refractivity (Wildman–Crippen MR) is 105 cm³/mol. The van der Waals surface area contributed by atoms with Crippen LogP contribution in [0.5, 0.6) is 0 Å². The number of imide groups is 1. The van der Waals surface area contributed by atoms with Crippen molar-refractivity contribution in [2.45, 2.75) is 13.3 Å². The summed E-state index contributed by atoms with van der Waals surface area (Å²) in [6.07, 6.45) is 0.257. The van der Waals surface area contributed by atoms with Gasteiger partial charge < -0.3 is 16.0 Å². The molecule has 1 fully saturated rings. The quantitative estimate of drug-likeness (QED) is 0.237. The lowest BCUT2D eigenvalue weighted by atomic mass is 10.1. The maximum atomic E-state index is 13.6. The van der Waals surface area contributed by atoms with E-state index in [-0.39, 0.29) is 61.5 Å². The molecule has 0 aromatic heterocycles. The summed E-state index contributed by atoms with van der Waals surface area (Å²) in [6.45, 7) is 3.34. The molecule has 26 heavy (non-hydrogen) atoms. The van der Waals surface area contributed by atoms with Crippen molar-refractivity contribution in [1.29, 1.82) is 0 Å². The first-order chi connectivity index (χ1) is 12.0. The third-order valence-corrected chi connectivity index (χ3v) is 3.57. The fourth-order valence-corrected chi connectivity index (χ4v) is 2.33. The number of rotatable bonds is 7. The molecule has 3 N–H and O–H groups in total. The van der Waals surface area contributed by atoms with Crippen LogP contribution in [0.3, 0.4) is 0 Å². The highest BCUT2D eigenvalue weighted by molar-refractivity contribution is 14.0. The molecular weight excluding hydrogens is 459 g/mol. The van der Waals surface area contributed by atoms with Crippen LogP contribution in [0.25, 0.3) is 0 Å². The lowest BCUT2D eigenvalue weighted by Gasteiger charge is -2.15. The molecule has 7 nitrogen and oxygen atoms in total. The SMILES string of the molecule is CCNC(=NCCc1cc(F)ccc1F)NCCN1C(=O)CNC1=O.I. The highest BCUT2D eigenvalue weighted by Gasteiger charge is 2.27.